The van der Waals surface area contributed by atoms with E-state index >= 15 is 0 Å². The molecule has 1 aromatic heterocycles. The van der Waals surface area contributed by atoms with E-state index in [1.807, 2.05) is 19.3 Å². The number of aromatic nitrogens is 2. The molecule has 14 heavy (non-hydrogen) atoms. The third-order valence-corrected chi connectivity index (χ3v) is 2.10. The van der Waals surface area contributed by atoms with E-state index in [9.17, 15) is 4.79 Å². The first-order valence-corrected chi connectivity index (χ1v) is 4.45. The van der Waals surface area contributed by atoms with Crippen molar-refractivity contribution in [1.82, 2.24) is 15.1 Å². The lowest BCUT2D eigenvalue weighted by Crippen LogP contribution is -2.50. The number of primary amides is 1. The van der Waals surface area contributed by atoms with Crippen molar-refractivity contribution in [3.63, 3.8) is 0 Å². The number of hydrogen-bond acceptors (Lipinski definition) is 3. The molecule has 1 amide bonds. The average molecular weight is 196 g/mol. The zero-order chi connectivity index (χ0) is 10.8. The van der Waals surface area contributed by atoms with Gasteiger partial charge < -0.3 is 5.73 Å². The number of carbonyl (C=O) groups is 1. The van der Waals surface area contributed by atoms with Crippen molar-refractivity contribution in [2.45, 2.75) is 25.9 Å². The van der Waals surface area contributed by atoms with E-state index in [1.54, 1.807) is 18.5 Å². The molecule has 0 spiro atoms. The maximum absolute atomic E-state index is 11.0. The van der Waals surface area contributed by atoms with Gasteiger partial charge in [0.15, 0.2) is 0 Å². The molecule has 0 fully saturated rings. The van der Waals surface area contributed by atoms with Crippen LogP contribution in [0.5, 0.6) is 0 Å². The van der Waals surface area contributed by atoms with Gasteiger partial charge in [0, 0.05) is 19.8 Å². The van der Waals surface area contributed by atoms with Crippen LogP contribution in [0.15, 0.2) is 12.3 Å². The predicted octanol–water partition coefficient (Wildman–Crippen LogP) is -0.226. The van der Waals surface area contributed by atoms with Crippen LogP contribution < -0.4 is 11.1 Å². The summed E-state index contributed by atoms with van der Waals surface area (Å²) in [6.07, 6.45) is 1.86. The highest BCUT2D eigenvalue weighted by molar-refractivity contribution is 5.83. The fourth-order valence-corrected chi connectivity index (χ4v) is 0.956. The minimum atomic E-state index is -0.697. The van der Waals surface area contributed by atoms with Crippen LogP contribution in [0.3, 0.4) is 0 Å². The van der Waals surface area contributed by atoms with E-state index in [2.05, 4.69) is 10.4 Å². The summed E-state index contributed by atoms with van der Waals surface area (Å²) < 4.78 is 1.72. The molecule has 0 radical (unpaired) electrons. The molecular formula is C9H16N4O. The zero-order valence-electron chi connectivity index (χ0n) is 8.74. The van der Waals surface area contributed by atoms with Crippen molar-refractivity contribution in [3.05, 3.63) is 18.0 Å². The molecule has 5 heteroatoms. The fraction of sp³-hybridized carbons (Fsp3) is 0.556. The standard InChI is InChI=1S/C9H16N4O/c1-9(2,8(10)14)11-6-7-4-5-13(3)12-7/h4-5,11H,6H2,1-3H3,(H2,10,14). The monoisotopic (exact) mass is 196 g/mol. The van der Waals surface area contributed by atoms with E-state index < -0.39 is 5.54 Å². The van der Waals surface area contributed by atoms with E-state index in [0.29, 0.717) is 6.54 Å². The minimum absolute atomic E-state index is 0.367. The third-order valence-electron chi connectivity index (χ3n) is 2.10. The number of nitrogens with two attached hydrogens (primary N) is 1. The fourth-order valence-electron chi connectivity index (χ4n) is 0.956. The molecule has 3 N–H and O–H groups in total. The van der Waals surface area contributed by atoms with Gasteiger partial charge in [0.2, 0.25) is 5.91 Å². The Kier molecular flexibility index (Phi) is 2.90. The Balaban J connectivity index is 2.52. The van der Waals surface area contributed by atoms with E-state index in [-0.39, 0.29) is 5.91 Å². The van der Waals surface area contributed by atoms with Crippen LogP contribution in [-0.2, 0) is 18.4 Å². The smallest absolute Gasteiger partial charge is 0.237 e. The lowest BCUT2D eigenvalue weighted by molar-refractivity contribution is -0.123. The van der Waals surface area contributed by atoms with Crippen molar-refractivity contribution < 1.29 is 4.79 Å². The Bertz CT molecular complexity index is 329. The Morgan fingerprint density at radius 1 is 1.71 bits per heavy atom. The summed E-state index contributed by atoms with van der Waals surface area (Å²) in [6, 6.07) is 1.89. The molecule has 1 aromatic rings. The number of nitrogens with zero attached hydrogens (tertiary/aromatic N) is 2. The van der Waals surface area contributed by atoms with Crippen LogP contribution in [0.1, 0.15) is 19.5 Å². The SMILES string of the molecule is Cn1ccc(CNC(C)(C)C(N)=O)n1. The first-order valence-electron chi connectivity index (χ1n) is 4.45. The summed E-state index contributed by atoms with van der Waals surface area (Å²) in [5.41, 5.74) is 5.41. The number of carbonyl (C=O) groups excluding carboxylic acids is 1. The van der Waals surface area contributed by atoms with Gasteiger partial charge in [-0.05, 0) is 19.9 Å². The van der Waals surface area contributed by atoms with Gasteiger partial charge in [0.05, 0.1) is 11.2 Å². The number of rotatable bonds is 4. The summed E-state index contributed by atoms with van der Waals surface area (Å²) in [7, 11) is 1.85. The summed E-state index contributed by atoms with van der Waals surface area (Å²) in [6.45, 7) is 4.04. The van der Waals surface area contributed by atoms with Crippen molar-refractivity contribution in [2.24, 2.45) is 12.8 Å². The number of hydrogen-bond donors (Lipinski definition) is 2. The zero-order valence-corrected chi connectivity index (χ0v) is 8.74. The molecule has 0 atom stereocenters. The number of nitrogens with one attached hydrogen (secondary N) is 1. The molecule has 0 aliphatic heterocycles. The van der Waals surface area contributed by atoms with Gasteiger partial charge in [-0.2, -0.15) is 5.10 Å². The Hall–Kier alpha value is -1.36. The topological polar surface area (TPSA) is 72.9 Å². The average Bonchev–Trinajstić information content (AvgIpc) is 2.48. The second-order valence-electron chi connectivity index (χ2n) is 3.82. The highest BCUT2D eigenvalue weighted by atomic mass is 16.1. The van der Waals surface area contributed by atoms with Gasteiger partial charge in [0.25, 0.3) is 0 Å². The first-order chi connectivity index (χ1) is 6.42. The Morgan fingerprint density at radius 2 is 2.36 bits per heavy atom. The highest BCUT2D eigenvalue weighted by Crippen LogP contribution is 2.02. The van der Waals surface area contributed by atoms with E-state index in [1.165, 1.54) is 0 Å². The molecule has 5 nitrogen and oxygen atoms in total. The Morgan fingerprint density at radius 3 is 2.79 bits per heavy atom. The molecule has 0 aliphatic carbocycles. The summed E-state index contributed by atoms with van der Waals surface area (Å²) in [4.78, 5) is 11.0. The normalized spacial score (nSPS) is 11.6. The first kappa shape index (κ1) is 10.7. The van der Waals surface area contributed by atoms with Crippen LogP contribution in [0.25, 0.3) is 0 Å². The molecule has 0 saturated carbocycles. The second-order valence-corrected chi connectivity index (χ2v) is 3.82. The number of aryl methyl sites for hydroxylation is 1. The summed E-state index contributed by atoms with van der Waals surface area (Å²) >= 11 is 0. The van der Waals surface area contributed by atoms with Gasteiger partial charge in [-0.1, -0.05) is 0 Å². The molecule has 0 aliphatic rings. The van der Waals surface area contributed by atoms with Gasteiger partial charge in [-0.15, -0.1) is 0 Å². The third kappa shape index (κ3) is 2.56. The Labute approximate surface area is 83.3 Å². The highest BCUT2D eigenvalue weighted by Gasteiger charge is 2.23. The molecule has 0 aromatic carbocycles. The molecular weight excluding hydrogens is 180 g/mol. The quantitative estimate of drug-likeness (QED) is 0.699. The largest absolute Gasteiger partial charge is 0.368 e. The van der Waals surface area contributed by atoms with Crippen molar-refractivity contribution >= 4 is 5.91 Å². The maximum atomic E-state index is 11.0. The maximum Gasteiger partial charge on any atom is 0.237 e. The molecule has 0 unspecified atom stereocenters. The predicted molar refractivity (Wildman–Crippen MR) is 53.3 cm³/mol. The number of amides is 1. The molecule has 78 valence electrons. The molecule has 0 bridgehead atoms. The molecule has 1 heterocycles. The van der Waals surface area contributed by atoms with Crippen molar-refractivity contribution in [2.75, 3.05) is 0 Å². The van der Waals surface area contributed by atoms with Gasteiger partial charge >= 0.3 is 0 Å². The van der Waals surface area contributed by atoms with Gasteiger partial charge in [-0.3, -0.25) is 14.8 Å². The van der Waals surface area contributed by atoms with Crippen LogP contribution >= 0.6 is 0 Å². The van der Waals surface area contributed by atoms with Crippen LogP contribution in [0.2, 0.25) is 0 Å². The molecule has 0 saturated heterocycles. The van der Waals surface area contributed by atoms with E-state index in [4.69, 9.17) is 5.73 Å². The van der Waals surface area contributed by atoms with Crippen LogP contribution in [0, 0.1) is 0 Å². The summed E-state index contributed by atoms with van der Waals surface area (Å²) in [5, 5.41) is 7.21. The minimum Gasteiger partial charge on any atom is -0.368 e. The van der Waals surface area contributed by atoms with Crippen LogP contribution in [-0.4, -0.2) is 21.2 Å². The lowest BCUT2D eigenvalue weighted by Gasteiger charge is -2.21. The second kappa shape index (κ2) is 3.79. The van der Waals surface area contributed by atoms with Crippen molar-refractivity contribution in [3.8, 4) is 0 Å². The van der Waals surface area contributed by atoms with Gasteiger partial charge in [0.1, 0.15) is 0 Å². The van der Waals surface area contributed by atoms with Gasteiger partial charge in [-0.25, -0.2) is 0 Å². The lowest BCUT2D eigenvalue weighted by atomic mass is 10.1. The molecule has 1 rings (SSSR count). The summed E-state index contributed by atoms with van der Waals surface area (Å²) in [5.74, 6) is -0.367. The van der Waals surface area contributed by atoms with Crippen molar-refractivity contribution in [1.29, 1.82) is 0 Å². The van der Waals surface area contributed by atoms with Crippen LogP contribution in [0.4, 0.5) is 0 Å². The van der Waals surface area contributed by atoms with E-state index in [0.717, 1.165) is 5.69 Å².